The van der Waals surface area contributed by atoms with Crippen molar-refractivity contribution in [3.63, 3.8) is 0 Å². The summed E-state index contributed by atoms with van der Waals surface area (Å²) in [5, 5.41) is 8.82. The highest BCUT2D eigenvalue weighted by Crippen LogP contribution is 2.17. The Hall–Kier alpha value is -1.35. The monoisotopic (exact) mass is 194 g/mol. The van der Waals surface area contributed by atoms with Crippen LogP contribution in [0.25, 0.3) is 0 Å². The maximum absolute atomic E-state index is 10.7. The first-order valence-electron chi connectivity index (χ1n) is 4.45. The van der Waals surface area contributed by atoms with Gasteiger partial charge in [0, 0.05) is 7.11 Å². The van der Waals surface area contributed by atoms with Crippen molar-refractivity contribution in [2.45, 2.75) is 19.4 Å². The molecule has 76 valence electrons. The fourth-order valence-electron chi connectivity index (χ4n) is 1.26. The minimum absolute atomic E-state index is 0.466. The summed E-state index contributed by atoms with van der Waals surface area (Å²) in [7, 11) is 1.62. The summed E-state index contributed by atoms with van der Waals surface area (Å²) in [6, 6.07) is 7.45. The summed E-state index contributed by atoms with van der Waals surface area (Å²) in [4.78, 5) is 10.7. The van der Waals surface area contributed by atoms with Crippen molar-refractivity contribution in [2.75, 3.05) is 7.11 Å². The van der Waals surface area contributed by atoms with Gasteiger partial charge in [0.05, 0.1) is 12.5 Å². The molecule has 1 unspecified atom stereocenters. The quantitative estimate of drug-likeness (QED) is 0.797. The van der Waals surface area contributed by atoms with Crippen molar-refractivity contribution < 1.29 is 14.6 Å². The van der Waals surface area contributed by atoms with E-state index in [4.69, 9.17) is 9.84 Å². The molecule has 0 aliphatic rings. The van der Waals surface area contributed by atoms with Crippen LogP contribution in [0.5, 0.6) is 0 Å². The second-order valence-corrected chi connectivity index (χ2v) is 3.24. The molecule has 1 atom stereocenters. The van der Waals surface area contributed by atoms with E-state index in [1.807, 2.05) is 24.3 Å². The number of carboxylic acids is 1. The summed E-state index contributed by atoms with van der Waals surface area (Å²) >= 11 is 0. The average molecular weight is 194 g/mol. The number of carboxylic acid groups (broad SMARTS) is 1. The SMILES string of the molecule is COCc1cccc(C(C)C(=O)O)c1. The van der Waals surface area contributed by atoms with E-state index in [9.17, 15) is 4.79 Å². The van der Waals surface area contributed by atoms with E-state index in [0.717, 1.165) is 11.1 Å². The maximum atomic E-state index is 10.7. The highest BCUT2D eigenvalue weighted by molar-refractivity contribution is 5.75. The highest BCUT2D eigenvalue weighted by atomic mass is 16.5. The summed E-state index contributed by atoms with van der Waals surface area (Å²) in [6.45, 7) is 2.19. The van der Waals surface area contributed by atoms with Crippen LogP contribution in [0.15, 0.2) is 24.3 Å². The van der Waals surface area contributed by atoms with Crippen molar-refractivity contribution in [1.82, 2.24) is 0 Å². The zero-order valence-corrected chi connectivity index (χ0v) is 8.36. The Morgan fingerprint density at radius 3 is 2.86 bits per heavy atom. The van der Waals surface area contributed by atoms with Crippen LogP contribution in [0.2, 0.25) is 0 Å². The first kappa shape index (κ1) is 10.7. The Balaban J connectivity index is 2.87. The van der Waals surface area contributed by atoms with Gasteiger partial charge in [0.25, 0.3) is 0 Å². The van der Waals surface area contributed by atoms with Crippen molar-refractivity contribution >= 4 is 5.97 Å². The number of aliphatic carboxylic acids is 1. The van der Waals surface area contributed by atoms with Gasteiger partial charge in [-0.2, -0.15) is 0 Å². The zero-order valence-electron chi connectivity index (χ0n) is 8.36. The maximum Gasteiger partial charge on any atom is 0.310 e. The third-order valence-electron chi connectivity index (χ3n) is 2.13. The van der Waals surface area contributed by atoms with Gasteiger partial charge in [0.2, 0.25) is 0 Å². The van der Waals surface area contributed by atoms with Gasteiger partial charge in [-0.15, -0.1) is 0 Å². The lowest BCUT2D eigenvalue weighted by Crippen LogP contribution is -2.07. The van der Waals surface area contributed by atoms with Gasteiger partial charge in [0.15, 0.2) is 0 Å². The van der Waals surface area contributed by atoms with Gasteiger partial charge < -0.3 is 9.84 Å². The predicted molar refractivity (Wildman–Crippen MR) is 53.2 cm³/mol. The van der Waals surface area contributed by atoms with E-state index in [2.05, 4.69) is 0 Å². The molecule has 1 rings (SSSR count). The van der Waals surface area contributed by atoms with Crippen molar-refractivity contribution in [3.8, 4) is 0 Å². The van der Waals surface area contributed by atoms with Crippen LogP contribution in [-0.2, 0) is 16.1 Å². The minimum Gasteiger partial charge on any atom is -0.481 e. The number of hydrogen-bond donors (Lipinski definition) is 1. The number of benzene rings is 1. The van der Waals surface area contributed by atoms with Crippen molar-refractivity contribution in [3.05, 3.63) is 35.4 Å². The van der Waals surface area contributed by atoms with Crippen LogP contribution in [0.4, 0.5) is 0 Å². The number of hydrogen-bond acceptors (Lipinski definition) is 2. The van der Waals surface area contributed by atoms with Crippen LogP contribution in [0.3, 0.4) is 0 Å². The van der Waals surface area contributed by atoms with Gasteiger partial charge in [-0.25, -0.2) is 0 Å². The Kier molecular flexibility index (Phi) is 3.65. The Morgan fingerprint density at radius 2 is 2.29 bits per heavy atom. The second kappa shape index (κ2) is 4.77. The third kappa shape index (κ3) is 2.57. The molecule has 0 saturated heterocycles. The van der Waals surface area contributed by atoms with Crippen molar-refractivity contribution in [1.29, 1.82) is 0 Å². The van der Waals surface area contributed by atoms with Gasteiger partial charge in [-0.1, -0.05) is 24.3 Å². The van der Waals surface area contributed by atoms with E-state index in [0.29, 0.717) is 6.61 Å². The lowest BCUT2D eigenvalue weighted by atomic mass is 9.99. The first-order chi connectivity index (χ1) is 6.65. The number of ether oxygens (including phenoxy) is 1. The van der Waals surface area contributed by atoms with Crippen LogP contribution in [-0.4, -0.2) is 18.2 Å². The summed E-state index contributed by atoms with van der Waals surface area (Å²) < 4.78 is 4.98. The number of methoxy groups -OCH3 is 1. The molecule has 3 nitrogen and oxygen atoms in total. The summed E-state index contributed by atoms with van der Waals surface area (Å²) in [6.07, 6.45) is 0. The van der Waals surface area contributed by atoms with E-state index in [1.165, 1.54) is 0 Å². The van der Waals surface area contributed by atoms with Gasteiger partial charge in [-0.05, 0) is 18.1 Å². The van der Waals surface area contributed by atoms with Gasteiger partial charge >= 0.3 is 5.97 Å². The Morgan fingerprint density at radius 1 is 1.57 bits per heavy atom. The van der Waals surface area contributed by atoms with Crippen LogP contribution < -0.4 is 0 Å². The van der Waals surface area contributed by atoms with Crippen LogP contribution in [0, 0.1) is 0 Å². The molecule has 1 N–H and O–H groups in total. The lowest BCUT2D eigenvalue weighted by molar-refractivity contribution is -0.138. The molecular formula is C11H14O3. The topological polar surface area (TPSA) is 46.5 Å². The molecule has 0 radical (unpaired) electrons. The third-order valence-corrected chi connectivity index (χ3v) is 2.13. The minimum atomic E-state index is -0.806. The lowest BCUT2D eigenvalue weighted by Gasteiger charge is -2.08. The van der Waals surface area contributed by atoms with Crippen molar-refractivity contribution in [2.24, 2.45) is 0 Å². The molecule has 0 saturated carbocycles. The second-order valence-electron chi connectivity index (χ2n) is 3.24. The fraction of sp³-hybridized carbons (Fsp3) is 0.364. The van der Waals surface area contributed by atoms with Crippen LogP contribution in [0.1, 0.15) is 24.0 Å². The Labute approximate surface area is 83.3 Å². The normalized spacial score (nSPS) is 12.4. The largest absolute Gasteiger partial charge is 0.481 e. The molecule has 1 aromatic rings. The van der Waals surface area contributed by atoms with E-state index in [-0.39, 0.29) is 0 Å². The Bertz CT molecular complexity index is 320. The molecule has 0 spiro atoms. The molecule has 0 fully saturated rings. The molecule has 14 heavy (non-hydrogen) atoms. The zero-order chi connectivity index (χ0) is 10.6. The summed E-state index contributed by atoms with van der Waals surface area (Å²) in [5.41, 5.74) is 1.81. The molecule has 0 aliphatic heterocycles. The molecule has 1 aromatic carbocycles. The molecular weight excluding hydrogens is 180 g/mol. The molecule has 0 aliphatic carbocycles. The molecule has 0 aromatic heterocycles. The molecule has 3 heteroatoms. The fourth-order valence-corrected chi connectivity index (χ4v) is 1.26. The van der Waals surface area contributed by atoms with Gasteiger partial charge in [-0.3, -0.25) is 4.79 Å². The first-order valence-corrected chi connectivity index (χ1v) is 4.45. The predicted octanol–water partition coefficient (Wildman–Crippen LogP) is 2.02. The molecule has 0 amide bonds. The van der Waals surface area contributed by atoms with E-state index in [1.54, 1.807) is 14.0 Å². The number of rotatable bonds is 4. The highest BCUT2D eigenvalue weighted by Gasteiger charge is 2.13. The van der Waals surface area contributed by atoms with E-state index >= 15 is 0 Å². The number of carbonyl (C=O) groups is 1. The molecule has 0 heterocycles. The van der Waals surface area contributed by atoms with E-state index < -0.39 is 11.9 Å². The molecule has 0 bridgehead atoms. The standard InChI is InChI=1S/C11H14O3/c1-8(11(12)13)10-5-3-4-9(6-10)7-14-2/h3-6,8H,7H2,1-2H3,(H,12,13). The average Bonchev–Trinajstić information content (AvgIpc) is 2.17. The van der Waals surface area contributed by atoms with Gasteiger partial charge in [0.1, 0.15) is 0 Å². The van der Waals surface area contributed by atoms with Crippen LogP contribution >= 0.6 is 0 Å². The summed E-state index contributed by atoms with van der Waals surface area (Å²) in [5.74, 6) is -1.27. The smallest absolute Gasteiger partial charge is 0.310 e.